The average Bonchev–Trinajstić information content (AvgIpc) is 2.69. The van der Waals surface area contributed by atoms with Gasteiger partial charge in [-0.15, -0.1) is 0 Å². The number of rotatable bonds is 7. The second-order valence-electron chi connectivity index (χ2n) is 7.22. The van der Waals surface area contributed by atoms with E-state index in [1.165, 1.54) is 4.68 Å². The lowest BCUT2D eigenvalue weighted by Gasteiger charge is -2.15. The Labute approximate surface area is 174 Å². The Kier molecular flexibility index (Phi) is 6.54. The molecule has 1 amide bonds. The molecule has 0 bridgehead atoms. The lowest BCUT2D eigenvalue weighted by Crippen LogP contribution is -2.29. The highest BCUT2D eigenvalue weighted by Crippen LogP contribution is 2.29. The van der Waals surface area contributed by atoms with Gasteiger partial charge in [0.15, 0.2) is 5.69 Å². The van der Waals surface area contributed by atoms with E-state index in [2.05, 4.69) is 10.4 Å². The van der Waals surface area contributed by atoms with E-state index in [9.17, 15) is 9.59 Å². The Morgan fingerprint density at radius 1 is 1.21 bits per heavy atom. The molecule has 1 N–H and O–H groups in total. The number of hydrogen-bond donors (Lipinski definition) is 1. The van der Waals surface area contributed by atoms with Crippen LogP contribution in [-0.4, -0.2) is 22.3 Å². The van der Waals surface area contributed by atoms with Gasteiger partial charge < -0.3 is 10.1 Å². The topological polar surface area (TPSA) is 73.2 Å². The van der Waals surface area contributed by atoms with Crippen LogP contribution < -0.4 is 15.6 Å². The SMILES string of the molecule is CCCOc1ccc(Cl)cc1NC(=O)c1nn(CC(C)C)c(=O)c2ccccc12. The van der Waals surface area contributed by atoms with Gasteiger partial charge in [0.1, 0.15) is 5.75 Å². The molecule has 3 rings (SSSR count). The molecule has 0 spiro atoms. The summed E-state index contributed by atoms with van der Waals surface area (Å²) in [5.41, 5.74) is 0.436. The first-order valence-corrected chi connectivity index (χ1v) is 10.0. The third-order valence-corrected chi connectivity index (χ3v) is 4.51. The quantitative estimate of drug-likeness (QED) is 0.606. The van der Waals surface area contributed by atoms with Crippen molar-refractivity contribution in [2.75, 3.05) is 11.9 Å². The first-order chi connectivity index (χ1) is 13.9. The number of ether oxygens (including phenoxy) is 1. The zero-order valence-electron chi connectivity index (χ0n) is 16.7. The van der Waals surface area contributed by atoms with Gasteiger partial charge in [0.05, 0.1) is 17.7 Å². The Balaban J connectivity index is 2.05. The molecule has 1 heterocycles. The molecule has 3 aromatic rings. The van der Waals surface area contributed by atoms with Crippen molar-refractivity contribution >= 4 is 34.0 Å². The van der Waals surface area contributed by atoms with Crippen LogP contribution in [-0.2, 0) is 6.54 Å². The molecule has 0 aliphatic rings. The highest BCUT2D eigenvalue weighted by molar-refractivity contribution is 6.31. The molecule has 0 saturated carbocycles. The number of nitrogens with one attached hydrogen (secondary N) is 1. The number of hydrogen-bond acceptors (Lipinski definition) is 4. The van der Waals surface area contributed by atoms with Crippen molar-refractivity contribution < 1.29 is 9.53 Å². The number of carbonyl (C=O) groups excluding carboxylic acids is 1. The van der Waals surface area contributed by atoms with Gasteiger partial charge in [-0.1, -0.05) is 50.6 Å². The predicted molar refractivity (Wildman–Crippen MR) is 116 cm³/mol. The van der Waals surface area contributed by atoms with Crippen molar-refractivity contribution in [2.24, 2.45) is 5.92 Å². The van der Waals surface area contributed by atoms with Gasteiger partial charge in [0.2, 0.25) is 0 Å². The van der Waals surface area contributed by atoms with Crippen molar-refractivity contribution in [3.63, 3.8) is 0 Å². The van der Waals surface area contributed by atoms with E-state index in [1.807, 2.05) is 20.8 Å². The van der Waals surface area contributed by atoms with Crippen molar-refractivity contribution in [1.82, 2.24) is 9.78 Å². The lowest BCUT2D eigenvalue weighted by atomic mass is 10.1. The summed E-state index contributed by atoms with van der Waals surface area (Å²) in [6, 6.07) is 12.1. The molecule has 152 valence electrons. The molecule has 0 unspecified atom stereocenters. The Bertz CT molecular complexity index is 1090. The number of benzene rings is 2. The van der Waals surface area contributed by atoms with Crippen molar-refractivity contribution in [3.8, 4) is 5.75 Å². The first-order valence-electron chi connectivity index (χ1n) is 9.64. The zero-order valence-corrected chi connectivity index (χ0v) is 17.5. The molecule has 6 nitrogen and oxygen atoms in total. The zero-order chi connectivity index (χ0) is 21.0. The highest BCUT2D eigenvalue weighted by Gasteiger charge is 2.19. The van der Waals surface area contributed by atoms with E-state index in [-0.39, 0.29) is 17.2 Å². The highest BCUT2D eigenvalue weighted by atomic mass is 35.5. The maximum atomic E-state index is 13.1. The van der Waals surface area contributed by atoms with Crippen LogP contribution >= 0.6 is 11.6 Å². The molecule has 0 fully saturated rings. The molecule has 0 aliphatic carbocycles. The molecular weight excluding hydrogens is 390 g/mol. The van der Waals surface area contributed by atoms with Crippen LogP contribution in [0.2, 0.25) is 5.02 Å². The van der Waals surface area contributed by atoms with E-state index in [4.69, 9.17) is 16.3 Å². The number of nitrogens with zero attached hydrogens (tertiary/aromatic N) is 2. The average molecular weight is 414 g/mol. The fourth-order valence-corrected chi connectivity index (χ4v) is 3.16. The summed E-state index contributed by atoms with van der Waals surface area (Å²) >= 11 is 6.11. The Morgan fingerprint density at radius 2 is 1.93 bits per heavy atom. The number of anilines is 1. The van der Waals surface area contributed by atoms with Crippen molar-refractivity contribution in [3.05, 3.63) is 63.5 Å². The molecule has 0 radical (unpaired) electrons. The molecule has 1 aromatic heterocycles. The summed E-state index contributed by atoms with van der Waals surface area (Å²) < 4.78 is 7.07. The summed E-state index contributed by atoms with van der Waals surface area (Å²) in [7, 11) is 0. The molecule has 29 heavy (non-hydrogen) atoms. The summed E-state index contributed by atoms with van der Waals surface area (Å²) in [6.07, 6.45) is 0.836. The van der Waals surface area contributed by atoms with Crippen molar-refractivity contribution in [2.45, 2.75) is 33.7 Å². The normalized spacial score (nSPS) is 11.1. The van der Waals surface area contributed by atoms with Gasteiger partial charge in [-0.2, -0.15) is 5.10 Å². The second-order valence-corrected chi connectivity index (χ2v) is 7.65. The minimum atomic E-state index is -0.428. The predicted octanol–water partition coefficient (Wildman–Crippen LogP) is 4.75. The van der Waals surface area contributed by atoms with Crippen LogP contribution in [0.15, 0.2) is 47.3 Å². The fraction of sp³-hybridized carbons (Fsp3) is 0.318. The van der Waals surface area contributed by atoms with Crippen molar-refractivity contribution in [1.29, 1.82) is 0 Å². The van der Waals surface area contributed by atoms with E-state index in [0.717, 1.165) is 6.42 Å². The van der Waals surface area contributed by atoms with E-state index < -0.39 is 5.91 Å². The third-order valence-electron chi connectivity index (χ3n) is 4.27. The van der Waals surface area contributed by atoms with Gasteiger partial charge in [0.25, 0.3) is 11.5 Å². The van der Waals surface area contributed by atoms with Gasteiger partial charge in [-0.25, -0.2) is 4.68 Å². The third kappa shape index (κ3) is 4.77. The first kappa shape index (κ1) is 20.9. The number of aromatic nitrogens is 2. The largest absolute Gasteiger partial charge is 0.491 e. The van der Waals surface area contributed by atoms with Crippen LogP contribution in [0.1, 0.15) is 37.7 Å². The minimum absolute atomic E-state index is 0.183. The Morgan fingerprint density at radius 3 is 2.62 bits per heavy atom. The van der Waals surface area contributed by atoms with Gasteiger partial charge >= 0.3 is 0 Å². The summed E-state index contributed by atoms with van der Waals surface area (Å²) in [4.78, 5) is 25.9. The molecule has 0 atom stereocenters. The number of carbonyl (C=O) groups is 1. The minimum Gasteiger partial charge on any atom is -0.491 e. The van der Waals surface area contributed by atoms with Crippen LogP contribution in [0.5, 0.6) is 5.75 Å². The summed E-state index contributed by atoms with van der Waals surface area (Å²) in [5.74, 6) is 0.311. The van der Waals surface area contributed by atoms with Gasteiger partial charge in [0, 0.05) is 17.0 Å². The van der Waals surface area contributed by atoms with E-state index >= 15 is 0 Å². The summed E-state index contributed by atoms with van der Waals surface area (Å²) in [5, 5.41) is 8.66. The molecule has 0 saturated heterocycles. The van der Waals surface area contributed by atoms with Crippen LogP contribution in [0, 0.1) is 5.92 Å². The number of amides is 1. The molecular formula is C22H24ClN3O3. The van der Waals surface area contributed by atoms with Gasteiger partial charge in [-0.3, -0.25) is 9.59 Å². The van der Waals surface area contributed by atoms with E-state index in [0.29, 0.717) is 40.4 Å². The van der Waals surface area contributed by atoms with Crippen LogP contribution in [0.4, 0.5) is 5.69 Å². The van der Waals surface area contributed by atoms with Crippen LogP contribution in [0.3, 0.4) is 0 Å². The number of halogens is 1. The smallest absolute Gasteiger partial charge is 0.276 e. The fourth-order valence-electron chi connectivity index (χ4n) is 2.99. The van der Waals surface area contributed by atoms with Gasteiger partial charge in [-0.05, 0) is 36.6 Å². The maximum Gasteiger partial charge on any atom is 0.276 e. The summed E-state index contributed by atoms with van der Waals surface area (Å²) in [6.45, 7) is 6.93. The Hall–Kier alpha value is -2.86. The second kappa shape index (κ2) is 9.09. The lowest BCUT2D eigenvalue weighted by molar-refractivity contribution is 0.102. The van der Waals surface area contributed by atoms with E-state index in [1.54, 1.807) is 42.5 Å². The maximum absolute atomic E-state index is 13.1. The number of fused-ring (bicyclic) bond motifs is 1. The molecule has 2 aromatic carbocycles. The standard InChI is InChI=1S/C22H24ClN3O3/c1-4-11-29-19-10-9-15(23)12-18(19)24-21(27)20-16-7-5-6-8-17(16)22(28)26(25-20)13-14(2)3/h5-10,12,14H,4,11,13H2,1-3H3,(H,24,27). The molecule has 0 aliphatic heterocycles. The van der Waals surface area contributed by atoms with Crippen LogP contribution in [0.25, 0.3) is 10.8 Å². The monoisotopic (exact) mass is 413 g/mol. The molecule has 7 heteroatoms.